The fraction of sp³-hybridized carbons (Fsp3) is 0.833. The highest BCUT2D eigenvalue weighted by Gasteiger charge is 2.31. The molecule has 1 fully saturated rings. The fourth-order valence-corrected chi connectivity index (χ4v) is 1.80. The van der Waals surface area contributed by atoms with Crippen LogP contribution in [0.5, 0.6) is 0 Å². The predicted molar refractivity (Wildman–Crippen MR) is 59.1 cm³/mol. The van der Waals surface area contributed by atoms with Crippen molar-refractivity contribution < 1.29 is 4.74 Å². The van der Waals surface area contributed by atoms with Crippen LogP contribution in [0, 0.1) is 12.3 Å². The molecule has 1 rings (SSSR count). The van der Waals surface area contributed by atoms with Crippen molar-refractivity contribution in [2.24, 2.45) is 0 Å². The first-order chi connectivity index (χ1) is 6.53. The van der Waals surface area contributed by atoms with Crippen molar-refractivity contribution in [1.29, 1.82) is 0 Å². The van der Waals surface area contributed by atoms with E-state index >= 15 is 0 Å². The van der Waals surface area contributed by atoms with Crippen molar-refractivity contribution >= 4 is 0 Å². The summed E-state index contributed by atoms with van der Waals surface area (Å²) in [6.45, 7) is 7.34. The van der Waals surface area contributed by atoms with Crippen LogP contribution in [0.25, 0.3) is 0 Å². The minimum absolute atomic E-state index is 0.0711. The summed E-state index contributed by atoms with van der Waals surface area (Å²) in [6.07, 6.45) is 8.70. The zero-order valence-electron chi connectivity index (χ0n) is 9.47. The normalized spacial score (nSPS) is 27.1. The molecule has 0 amide bonds. The zero-order valence-corrected chi connectivity index (χ0v) is 9.47. The molecule has 0 aromatic carbocycles. The van der Waals surface area contributed by atoms with Gasteiger partial charge in [-0.3, -0.25) is 0 Å². The second kappa shape index (κ2) is 4.82. The SMILES string of the molecule is C#CCC(C)NCC1CCC(C)(C)O1. The molecule has 0 bridgehead atoms. The molecule has 1 heterocycles. The maximum Gasteiger partial charge on any atom is 0.0707 e. The Kier molecular flexibility index (Phi) is 3.97. The number of hydrogen-bond acceptors (Lipinski definition) is 2. The standard InChI is InChI=1S/C12H21NO/c1-5-6-10(2)13-9-11-7-8-12(3,4)14-11/h1,10-11,13H,6-9H2,2-4H3. The maximum atomic E-state index is 5.86. The molecule has 2 heteroatoms. The van der Waals surface area contributed by atoms with Crippen molar-refractivity contribution in [3.63, 3.8) is 0 Å². The second-order valence-corrected chi connectivity index (χ2v) is 4.76. The lowest BCUT2D eigenvalue weighted by molar-refractivity contribution is -0.0149. The van der Waals surface area contributed by atoms with E-state index in [1.807, 2.05) is 0 Å². The largest absolute Gasteiger partial charge is 0.371 e. The summed E-state index contributed by atoms with van der Waals surface area (Å²) in [5.74, 6) is 2.66. The third-order valence-corrected chi connectivity index (χ3v) is 2.67. The van der Waals surface area contributed by atoms with Crippen molar-refractivity contribution in [3.8, 4) is 12.3 Å². The van der Waals surface area contributed by atoms with Crippen LogP contribution in [-0.4, -0.2) is 24.3 Å². The lowest BCUT2D eigenvalue weighted by Gasteiger charge is -2.20. The first-order valence-corrected chi connectivity index (χ1v) is 5.38. The molecule has 0 radical (unpaired) electrons. The number of nitrogens with one attached hydrogen (secondary N) is 1. The van der Waals surface area contributed by atoms with E-state index in [1.54, 1.807) is 0 Å². The molecule has 0 aromatic rings. The third-order valence-electron chi connectivity index (χ3n) is 2.67. The molecule has 2 unspecified atom stereocenters. The van der Waals surface area contributed by atoms with E-state index in [1.165, 1.54) is 0 Å². The van der Waals surface area contributed by atoms with Crippen LogP contribution in [0.3, 0.4) is 0 Å². The van der Waals surface area contributed by atoms with Gasteiger partial charge in [0.05, 0.1) is 11.7 Å². The Labute approximate surface area is 87.4 Å². The summed E-state index contributed by atoms with van der Waals surface area (Å²) >= 11 is 0. The summed E-state index contributed by atoms with van der Waals surface area (Å²) in [5.41, 5.74) is 0.0711. The van der Waals surface area contributed by atoms with Crippen molar-refractivity contribution in [3.05, 3.63) is 0 Å². The van der Waals surface area contributed by atoms with Gasteiger partial charge in [0.2, 0.25) is 0 Å². The van der Waals surface area contributed by atoms with Gasteiger partial charge in [0.25, 0.3) is 0 Å². The first-order valence-electron chi connectivity index (χ1n) is 5.38. The van der Waals surface area contributed by atoms with E-state index in [2.05, 4.69) is 32.0 Å². The highest BCUT2D eigenvalue weighted by atomic mass is 16.5. The molecular weight excluding hydrogens is 174 g/mol. The van der Waals surface area contributed by atoms with E-state index in [-0.39, 0.29) is 5.60 Å². The summed E-state index contributed by atoms with van der Waals surface area (Å²) in [6, 6.07) is 0.396. The number of rotatable bonds is 4. The predicted octanol–water partition coefficient (Wildman–Crippen LogP) is 1.95. The van der Waals surface area contributed by atoms with Gasteiger partial charge in [-0.05, 0) is 33.6 Å². The molecule has 1 N–H and O–H groups in total. The van der Waals surface area contributed by atoms with Gasteiger partial charge in [0.15, 0.2) is 0 Å². The molecule has 2 nitrogen and oxygen atoms in total. The van der Waals surface area contributed by atoms with Crippen molar-refractivity contribution in [1.82, 2.24) is 5.32 Å². The summed E-state index contributed by atoms with van der Waals surface area (Å²) < 4.78 is 5.86. The van der Waals surface area contributed by atoms with Gasteiger partial charge in [-0.25, -0.2) is 0 Å². The van der Waals surface area contributed by atoms with Crippen molar-refractivity contribution in [2.45, 2.75) is 57.8 Å². The fourth-order valence-electron chi connectivity index (χ4n) is 1.80. The average Bonchev–Trinajstić information content (AvgIpc) is 2.43. The Morgan fingerprint density at radius 3 is 2.86 bits per heavy atom. The number of terminal acetylenes is 1. The molecule has 14 heavy (non-hydrogen) atoms. The van der Waals surface area contributed by atoms with Gasteiger partial charge in [-0.2, -0.15) is 0 Å². The zero-order chi connectivity index (χ0) is 10.6. The first kappa shape index (κ1) is 11.6. The quantitative estimate of drug-likeness (QED) is 0.692. The van der Waals surface area contributed by atoms with E-state index in [4.69, 9.17) is 11.2 Å². The Balaban J connectivity index is 2.18. The summed E-state index contributed by atoms with van der Waals surface area (Å²) in [7, 11) is 0. The monoisotopic (exact) mass is 195 g/mol. The second-order valence-electron chi connectivity index (χ2n) is 4.76. The minimum Gasteiger partial charge on any atom is -0.371 e. The lowest BCUT2D eigenvalue weighted by Crippen LogP contribution is -2.34. The van der Waals surface area contributed by atoms with Crippen LogP contribution in [0.2, 0.25) is 0 Å². The van der Waals surface area contributed by atoms with Gasteiger partial charge in [-0.1, -0.05) is 0 Å². The maximum absolute atomic E-state index is 5.86. The Morgan fingerprint density at radius 1 is 1.64 bits per heavy atom. The molecule has 1 aliphatic rings. The van der Waals surface area contributed by atoms with Gasteiger partial charge in [0.1, 0.15) is 0 Å². The molecule has 0 spiro atoms. The van der Waals surface area contributed by atoms with Crippen LogP contribution in [-0.2, 0) is 4.74 Å². The van der Waals surface area contributed by atoms with Gasteiger partial charge in [-0.15, -0.1) is 12.3 Å². The van der Waals surface area contributed by atoms with Crippen LogP contribution in [0.4, 0.5) is 0 Å². The Morgan fingerprint density at radius 2 is 2.36 bits per heavy atom. The third kappa shape index (κ3) is 3.69. The van der Waals surface area contributed by atoms with E-state index in [9.17, 15) is 0 Å². The van der Waals surface area contributed by atoms with E-state index in [0.717, 1.165) is 25.8 Å². The molecule has 80 valence electrons. The van der Waals surface area contributed by atoms with Crippen molar-refractivity contribution in [2.75, 3.05) is 6.54 Å². The highest BCUT2D eigenvalue weighted by Crippen LogP contribution is 2.28. The van der Waals surface area contributed by atoms with Crippen LogP contribution >= 0.6 is 0 Å². The molecule has 2 atom stereocenters. The van der Waals surface area contributed by atoms with Gasteiger partial charge in [0, 0.05) is 19.0 Å². The van der Waals surface area contributed by atoms with E-state index in [0.29, 0.717) is 12.1 Å². The molecule has 1 aliphatic heterocycles. The molecule has 0 aromatic heterocycles. The van der Waals surface area contributed by atoms with Crippen LogP contribution in [0.1, 0.15) is 40.0 Å². The topological polar surface area (TPSA) is 21.3 Å². The van der Waals surface area contributed by atoms with Gasteiger partial charge < -0.3 is 10.1 Å². The number of hydrogen-bond donors (Lipinski definition) is 1. The Bertz CT molecular complexity index is 217. The summed E-state index contributed by atoms with van der Waals surface area (Å²) in [5, 5.41) is 3.40. The highest BCUT2D eigenvalue weighted by molar-refractivity contribution is 4.89. The number of ether oxygens (including phenoxy) is 1. The molecule has 0 saturated carbocycles. The molecule has 0 aliphatic carbocycles. The average molecular weight is 195 g/mol. The van der Waals surface area contributed by atoms with Crippen LogP contribution < -0.4 is 5.32 Å². The van der Waals surface area contributed by atoms with Crippen LogP contribution in [0.15, 0.2) is 0 Å². The Hall–Kier alpha value is -0.520. The molecule has 1 saturated heterocycles. The smallest absolute Gasteiger partial charge is 0.0707 e. The molecular formula is C12H21NO. The van der Waals surface area contributed by atoms with E-state index < -0.39 is 0 Å². The lowest BCUT2D eigenvalue weighted by atomic mass is 10.1. The summed E-state index contributed by atoms with van der Waals surface area (Å²) in [4.78, 5) is 0. The van der Waals surface area contributed by atoms with Gasteiger partial charge >= 0.3 is 0 Å². The minimum atomic E-state index is 0.0711.